The second-order valence-corrected chi connectivity index (χ2v) is 7.41. The van der Waals surface area contributed by atoms with E-state index in [4.69, 9.17) is 20.9 Å². The summed E-state index contributed by atoms with van der Waals surface area (Å²) in [6.45, 7) is 3.29. The molecule has 0 spiro atoms. The number of amides is 1. The Morgan fingerprint density at radius 2 is 1.69 bits per heavy atom. The van der Waals surface area contributed by atoms with Crippen molar-refractivity contribution in [1.82, 2.24) is 4.90 Å². The summed E-state index contributed by atoms with van der Waals surface area (Å²) in [6, 6.07) is 14.9. The van der Waals surface area contributed by atoms with Crippen LogP contribution in [0.2, 0.25) is 0 Å². The largest absolute Gasteiger partial charge is 0.493 e. The number of ether oxygens (including phenoxy) is 2. The Bertz CT molecular complexity index is 774. The van der Waals surface area contributed by atoms with Gasteiger partial charge in [0.15, 0.2) is 0 Å². The van der Waals surface area contributed by atoms with Gasteiger partial charge < -0.3 is 25.8 Å². The summed E-state index contributed by atoms with van der Waals surface area (Å²) >= 11 is 0. The summed E-state index contributed by atoms with van der Waals surface area (Å²) in [7, 11) is 0. The molecule has 0 aliphatic carbocycles. The van der Waals surface area contributed by atoms with Crippen molar-refractivity contribution in [2.45, 2.75) is 25.7 Å². The molecule has 29 heavy (non-hydrogen) atoms. The Balaban J connectivity index is 1.75. The van der Waals surface area contributed by atoms with Gasteiger partial charge in [0.25, 0.3) is 5.91 Å². The lowest BCUT2D eigenvalue weighted by Gasteiger charge is -2.32. The normalized spacial score (nSPS) is 14.6. The predicted molar refractivity (Wildman–Crippen MR) is 114 cm³/mol. The van der Waals surface area contributed by atoms with E-state index in [1.54, 1.807) is 12.1 Å². The van der Waals surface area contributed by atoms with Gasteiger partial charge in [0.1, 0.15) is 17.2 Å². The van der Waals surface area contributed by atoms with Crippen LogP contribution in [-0.2, 0) is 0 Å². The highest BCUT2D eigenvalue weighted by molar-refractivity contribution is 5.95. The molecule has 0 atom stereocenters. The van der Waals surface area contributed by atoms with Gasteiger partial charge in [-0.1, -0.05) is 18.2 Å². The van der Waals surface area contributed by atoms with Crippen LogP contribution in [0, 0.1) is 5.92 Å². The Morgan fingerprint density at radius 3 is 2.38 bits per heavy atom. The van der Waals surface area contributed by atoms with Crippen LogP contribution >= 0.6 is 0 Å². The van der Waals surface area contributed by atoms with Crippen molar-refractivity contribution in [2.24, 2.45) is 17.4 Å². The second kappa shape index (κ2) is 10.8. The van der Waals surface area contributed by atoms with Crippen molar-refractivity contribution in [1.29, 1.82) is 0 Å². The van der Waals surface area contributed by atoms with Crippen molar-refractivity contribution in [3.05, 3.63) is 54.1 Å². The quantitative estimate of drug-likeness (QED) is 0.633. The molecule has 1 heterocycles. The number of piperidine rings is 1. The Labute approximate surface area is 172 Å². The Hall–Kier alpha value is -2.57. The summed E-state index contributed by atoms with van der Waals surface area (Å²) in [6.07, 6.45) is 3.79. The zero-order chi connectivity index (χ0) is 20.5. The zero-order valence-corrected chi connectivity index (χ0v) is 16.9. The Kier molecular flexibility index (Phi) is 7.90. The molecule has 3 rings (SSSR count). The molecular weight excluding hydrogens is 366 g/mol. The number of likely N-dealkylation sites (tertiary alicyclic amines) is 1. The lowest BCUT2D eigenvalue weighted by Crippen LogP contribution is -2.38. The second-order valence-electron chi connectivity index (χ2n) is 7.41. The Morgan fingerprint density at radius 1 is 0.966 bits per heavy atom. The number of hydrogen-bond donors (Lipinski definition) is 2. The molecule has 1 amide bonds. The third-order valence-electron chi connectivity index (χ3n) is 5.20. The molecule has 6 nitrogen and oxygen atoms in total. The molecule has 6 heteroatoms. The van der Waals surface area contributed by atoms with Gasteiger partial charge >= 0.3 is 0 Å². The fourth-order valence-electron chi connectivity index (χ4n) is 3.58. The molecule has 0 aromatic heterocycles. The molecule has 4 N–H and O–H groups in total. The molecule has 1 aliphatic heterocycles. The highest BCUT2D eigenvalue weighted by Gasteiger charge is 2.24. The van der Waals surface area contributed by atoms with Crippen molar-refractivity contribution in [3.8, 4) is 17.2 Å². The average Bonchev–Trinajstić information content (AvgIpc) is 2.75. The van der Waals surface area contributed by atoms with Gasteiger partial charge in [-0.15, -0.1) is 0 Å². The first-order valence-corrected chi connectivity index (χ1v) is 10.4. The smallest absolute Gasteiger partial charge is 0.254 e. The summed E-state index contributed by atoms with van der Waals surface area (Å²) in [5.74, 6) is 2.55. The van der Waals surface area contributed by atoms with E-state index in [2.05, 4.69) is 0 Å². The number of nitrogens with zero attached hydrogens (tertiary/aromatic N) is 1. The van der Waals surface area contributed by atoms with Crippen LogP contribution in [0.3, 0.4) is 0 Å². The van der Waals surface area contributed by atoms with Gasteiger partial charge in [0.05, 0.1) is 6.61 Å². The zero-order valence-electron chi connectivity index (χ0n) is 16.9. The van der Waals surface area contributed by atoms with Crippen molar-refractivity contribution in [2.75, 3.05) is 32.8 Å². The molecule has 1 fully saturated rings. The first kappa shape index (κ1) is 21.1. The molecule has 0 saturated carbocycles. The van der Waals surface area contributed by atoms with Crippen LogP contribution < -0.4 is 20.9 Å². The molecule has 0 radical (unpaired) electrons. The summed E-state index contributed by atoms with van der Waals surface area (Å²) < 4.78 is 11.8. The number of carbonyl (C=O) groups is 1. The van der Waals surface area contributed by atoms with Crippen LogP contribution in [0.1, 0.15) is 36.0 Å². The molecule has 2 aromatic carbocycles. The molecule has 156 valence electrons. The molecule has 0 bridgehead atoms. The predicted octanol–water partition coefficient (Wildman–Crippen LogP) is 3.41. The van der Waals surface area contributed by atoms with Gasteiger partial charge in [-0.2, -0.15) is 0 Å². The van der Waals surface area contributed by atoms with Crippen molar-refractivity contribution >= 4 is 5.91 Å². The van der Waals surface area contributed by atoms with Crippen molar-refractivity contribution in [3.63, 3.8) is 0 Å². The maximum Gasteiger partial charge on any atom is 0.254 e. The highest BCUT2D eigenvalue weighted by Crippen LogP contribution is 2.29. The summed E-state index contributed by atoms with van der Waals surface area (Å²) in [4.78, 5) is 15.0. The average molecular weight is 398 g/mol. The van der Waals surface area contributed by atoms with Crippen LogP contribution in [0.4, 0.5) is 0 Å². The fourth-order valence-corrected chi connectivity index (χ4v) is 3.58. The number of para-hydroxylation sites is 1. The van der Waals surface area contributed by atoms with E-state index >= 15 is 0 Å². The molecule has 0 unspecified atom stereocenters. The minimum absolute atomic E-state index is 0.0124. The van der Waals surface area contributed by atoms with E-state index in [0.29, 0.717) is 48.4 Å². The van der Waals surface area contributed by atoms with E-state index in [1.165, 1.54) is 0 Å². The van der Waals surface area contributed by atoms with Gasteiger partial charge in [-0.25, -0.2) is 0 Å². The summed E-state index contributed by atoms with van der Waals surface area (Å²) in [5, 5.41) is 0. The van der Waals surface area contributed by atoms with Gasteiger partial charge in [-0.3, -0.25) is 4.79 Å². The SMILES string of the molecule is NCCCOc1cc(Oc2ccccc2)cc(C(=O)N2CCC(CCN)CC2)c1. The van der Waals surface area contributed by atoms with Gasteiger partial charge in [0, 0.05) is 24.7 Å². The molecule has 2 aromatic rings. The number of rotatable bonds is 9. The van der Waals surface area contributed by atoms with Crippen LogP contribution in [0.5, 0.6) is 17.2 Å². The highest BCUT2D eigenvalue weighted by atomic mass is 16.5. The third-order valence-corrected chi connectivity index (χ3v) is 5.20. The molecule has 1 saturated heterocycles. The topological polar surface area (TPSA) is 90.8 Å². The minimum Gasteiger partial charge on any atom is -0.493 e. The number of carbonyl (C=O) groups excluding carboxylic acids is 1. The number of hydrogen-bond acceptors (Lipinski definition) is 5. The van der Waals surface area contributed by atoms with Gasteiger partial charge in [-0.05, 0) is 69.0 Å². The van der Waals surface area contributed by atoms with Crippen molar-refractivity contribution < 1.29 is 14.3 Å². The van der Waals surface area contributed by atoms with Crippen LogP contribution in [0.25, 0.3) is 0 Å². The van der Waals surface area contributed by atoms with E-state index < -0.39 is 0 Å². The van der Waals surface area contributed by atoms with Crippen LogP contribution in [-0.4, -0.2) is 43.6 Å². The maximum absolute atomic E-state index is 13.1. The first-order chi connectivity index (χ1) is 14.2. The summed E-state index contributed by atoms with van der Waals surface area (Å²) in [5.41, 5.74) is 11.8. The minimum atomic E-state index is 0.0124. The van der Waals surface area contributed by atoms with E-state index in [9.17, 15) is 4.79 Å². The molecule has 1 aliphatic rings. The molecular formula is C23H31N3O3. The third kappa shape index (κ3) is 6.21. The number of benzene rings is 2. The van der Waals surface area contributed by atoms with Crippen LogP contribution in [0.15, 0.2) is 48.5 Å². The number of nitrogens with two attached hydrogens (primary N) is 2. The van der Waals surface area contributed by atoms with E-state index in [0.717, 1.165) is 38.8 Å². The van der Waals surface area contributed by atoms with Gasteiger partial charge in [0.2, 0.25) is 0 Å². The standard InChI is InChI=1S/C23H31N3O3/c24-10-4-14-28-21-15-19(16-22(17-21)29-20-5-2-1-3-6-20)23(27)26-12-8-18(7-11-25)9-13-26/h1-3,5-6,15-18H,4,7-14,24-25H2. The lowest BCUT2D eigenvalue weighted by atomic mass is 9.93. The lowest BCUT2D eigenvalue weighted by molar-refractivity contribution is 0.0687. The van der Waals surface area contributed by atoms with E-state index in [1.807, 2.05) is 41.3 Å². The monoisotopic (exact) mass is 397 g/mol. The fraction of sp³-hybridized carbons (Fsp3) is 0.435. The maximum atomic E-state index is 13.1. The first-order valence-electron chi connectivity index (χ1n) is 10.4. The van der Waals surface area contributed by atoms with E-state index in [-0.39, 0.29) is 5.91 Å².